The minimum atomic E-state index is -0.582. The van der Waals surface area contributed by atoms with Crippen LogP contribution in [0.4, 0.5) is 0 Å². The number of nitrogens with one attached hydrogen (secondary N) is 1. The van der Waals surface area contributed by atoms with E-state index in [1.165, 1.54) is 0 Å². The van der Waals surface area contributed by atoms with Gasteiger partial charge in [0, 0.05) is 0 Å². The molecule has 1 heterocycles. The molecule has 3 rings (SSSR count). The van der Waals surface area contributed by atoms with Crippen LogP contribution in [0.1, 0.15) is 31.0 Å². The first kappa shape index (κ1) is 17.1. The average molecular weight is 341 g/mol. The fourth-order valence-corrected chi connectivity index (χ4v) is 2.69. The Kier molecular flexibility index (Phi) is 5.12. The summed E-state index contributed by atoms with van der Waals surface area (Å²) in [7, 11) is 0. The molecule has 0 radical (unpaired) electrons. The van der Waals surface area contributed by atoms with Gasteiger partial charge in [0.25, 0.3) is 5.91 Å². The topological polar surface area (TPSA) is 56.8 Å². The highest BCUT2D eigenvalue weighted by atomic mass is 16.6. The molecule has 25 heavy (non-hydrogen) atoms. The van der Waals surface area contributed by atoms with Crippen LogP contribution in [0.2, 0.25) is 0 Å². The SMILES string of the molecule is Cc1cccc(O[C@H](C)C(=O)N[C@H](C)c2ccc3c(c2)OCCO3)c1. The van der Waals surface area contributed by atoms with Crippen molar-refractivity contribution in [2.24, 2.45) is 0 Å². The predicted octanol–water partition coefficient (Wildman–Crippen LogP) is 3.41. The largest absolute Gasteiger partial charge is 0.486 e. The lowest BCUT2D eigenvalue weighted by Gasteiger charge is -2.22. The van der Waals surface area contributed by atoms with Gasteiger partial charge < -0.3 is 19.5 Å². The van der Waals surface area contributed by atoms with E-state index in [0.29, 0.717) is 24.7 Å². The maximum absolute atomic E-state index is 12.4. The van der Waals surface area contributed by atoms with Gasteiger partial charge in [0.1, 0.15) is 19.0 Å². The summed E-state index contributed by atoms with van der Waals surface area (Å²) in [6, 6.07) is 13.2. The second-order valence-electron chi connectivity index (χ2n) is 6.21. The molecule has 1 aliphatic heterocycles. The van der Waals surface area contributed by atoms with E-state index in [1.54, 1.807) is 6.92 Å². The average Bonchev–Trinajstić information content (AvgIpc) is 2.61. The van der Waals surface area contributed by atoms with E-state index in [4.69, 9.17) is 14.2 Å². The van der Waals surface area contributed by atoms with Crippen LogP contribution in [-0.4, -0.2) is 25.2 Å². The molecule has 0 saturated heterocycles. The molecule has 0 fully saturated rings. The number of aryl methyl sites for hydroxylation is 1. The van der Waals surface area contributed by atoms with Crippen molar-refractivity contribution in [1.82, 2.24) is 5.32 Å². The number of carbonyl (C=O) groups is 1. The van der Waals surface area contributed by atoms with Gasteiger partial charge in [-0.2, -0.15) is 0 Å². The number of amides is 1. The molecule has 0 saturated carbocycles. The van der Waals surface area contributed by atoms with Crippen LogP contribution in [-0.2, 0) is 4.79 Å². The minimum absolute atomic E-state index is 0.160. The van der Waals surface area contributed by atoms with Gasteiger partial charge in [-0.05, 0) is 56.2 Å². The number of carbonyl (C=O) groups excluding carboxylic acids is 1. The third-order valence-corrected chi connectivity index (χ3v) is 4.10. The highest BCUT2D eigenvalue weighted by molar-refractivity contribution is 5.81. The van der Waals surface area contributed by atoms with E-state index in [1.807, 2.05) is 56.3 Å². The lowest BCUT2D eigenvalue weighted by molar-refractivity contribution is -0.127. The normalized spacial score (nSPS) is 15.2. The van der Waals surface area contributed by atoms with Crippen LogP contribution in [0, 0.1) is 6.92 Å². The van der Waals surface area contributed by atoms with Crippen LogP contribution in [0.25, 0.3) is 0 Å². The molecule has 0 aromatic heterocycles. The Balaban J connectivity index is 1.61. The molecule has 132 valence electrons. The van der Waals surface area contributed by atoms with E-state index < -0.39 is 6.10 Å². The Labute approximate surface area is 147 Å². The van der Waals surface area contributed by atoms with Gasteiger partial charge in [-0.3, -0.25) is 4.79 Å². The number of hydrogen-bond acceptors (Lipinski definition) is 4. The second kappa shape index (κ2) is 7.47. The molecular formula is C20H23NO4. The van der Waals surface area contributed by atoms with E-state index in [-0.39, 0.29) is 11.9 Å². The van der Waals surface area contributed by atoms with Crippen molar-refractivity contribution in [3.63, 3.8) is 0 Å². The lowest BCUT2D eigenvalue weighted by Crippen LogP contribution is -2.37. The van der Waals surface area contributed by atoms with Gasteiger partial charge in [0.2, 0.25) is 0 Å². The zero-order chi connectivity index (χ0) is 17.8. The summed E-state index contributed by atoms with van der Waals surface area (Å²) in [4.78, 5) is 12.4. The molecule has 2 aromatic rings. The van der Waals surface area contributed by atoms with Crippen molar-refractivity contribution in [1.29, 1.82) is 0 Å². The fraction of sp³-hybridized carbons (Fsp3) is 0.350. The zero-order valence-electron chi connectivity index (χ0n) is 14.7. The molecule has 0 unspecified atom stereocenters. The summed E-state index contributed by atoms with van der Waals surface area (Å²) in [5, 5.41) is 2.98. The molecular weight excluding hydrogens is 318 g/mol. The number of fused-ring (bicyclic) bond motifs is 1. The van der Waals surface area contributed by atoms with Gasteiger partial charge in [0.05, 0.1) is 6.04 Å². The minimum Gasteiger partial charge on any atom is -0.486 e. The highest BCUT2D eigenvalue weighted by Gasteiger charge is 2.19. The Morgan fingerprint density at radius 1 is 1.08 bits per heavy atom. The summed E-state index contributed by atoms with van der Waals surface area (Å²) in [5.74, 6) is 1.98. The van der Waals surface area contributed by atoms with Gasteiger partial charge >= 0.3 is 0 Å². The molecule has 0 spiro atoms. The molecule has 5 heteroatoms. The van der Waals surface area contributed by atoms with E-state index >= 15 is 0 Å². The van der Waals surface area contributed by atoms with E-state index in [2.05, 4.69) is 5.32 Å². The summed E-state index contributed by atoms with van der Waals surface area (Å²) in [5.41, 5.74) is 2.05. The maximum Gasteiger partial charge on any atom is 0.261 e. The molecule has 0 bridgehead atoms. The van der Waals surface area contributed by atoms with Crippen molar-refractivity contribution in [2.75, 3.05) is 13.2 Å². The lowest BCUT2D eigenvalue weighted by atomic mass is 10.1. The van der Waals surface area contributed by atoms with Crippen LogP contribution >= 0.6 is 0 Å². The summed E-state index contributed by atoms with van der Waals surface area (Å²) >= 11 is 0. The van der Waals surface area contributed by atoms with Crippen molar-refractivity contribution in [3.8, 4) is 17.2 Å². The molecule has 1 N–H and O–H groups in total. The maximum atomic E-state index is 12.4. The van der Waals surface area contributed by atoms with Crippen molar-refractivity contribution < 1.29 is 19.0 Å². The third kappa shape index (κ3) is 4.24. The Morgan fingerprint density at radius 3 is 2.60 bits per heavy atom. The second-order valence-corrected chi connectivity index (χ2v) is 6.21. The number of rotatable bonds is 5. The van der Waals surface area contributed by atoms with Gasteiger partial charge in [-0.1, -0.05) is 18.2 Å². The summed E-state index contributed by atoms with van der Waals surface area (Å²) < 4.78 is 16.8. The van der Waals surface area contributed by atoms with Gasteiger partial charge in [0.15, 0.2) is 17.6 Å². The molecule has 0 aliphatic carbocycles. The Hall–Kier alpha value is -2.69. The fourth-order valence-electron chi connectivity index (χ4n) is 2.69. The van der Waals surface area contributed by atoms with Crippen molar-refractivity contribution >= 4 is 5.91 Å². The Bertz CT molecular complexity index is 759. The number of ether oxygens (including phenoxy) is 3. The van der Waals surface area contributed by atoms with Gasteiger partial charge in [-0.15, -0.1) is 0 Å². The van der Waals surface area contributed by atoms with E-state index in [0.717, 1.165) is 16.9 Å². The van der Waals surface area contributed by atoms with Gasteiger partial charge in [-0.25, -0.2) is 0 Å². The van der Waals surface area contributed by atoms with Crippen molar-refractivity contribution in [2.45, 2.75) is 32.9 Å². The molecule has 1 aliphatic rings. The van der Waals surface area contributed by atoms with Crippen LogP contribution in [0.5, 0.6) is 17.2 Å². The first-order valence-electron chi connectivity index (χ1n) is 8.46. The van der Waals surface area contributed by atoms with Crippen LogP contribution < -0.4 is 19.5 Å². The third-order valence-electron chi connectivity index (χ3n) is 4.10. The standard InChI is InChI=1S/C20H23NO4/c1-13-5-4-6-17(11-13)25-15(3)20(22)21-14(2)16-7-8-18-19(12-16)24-10-9-23-18/h4-8,11-12,14-15H,9-10H2,1-3H3,(H,21,22)/t14-,15-/m1/s1. The Morgan fingerprint density at radius 2 is 1.84 bits per heavy atom. The molecule has 2 aromatic carbocycles. The molecule has 2 atom stereocenters. The van der Waals surface area contributed by atoms with Crippen LogP contribution in [0.3, 0.4) is 0 Å². The smallest absolute Gasteiger partial charge is 0.261 e. The molecule has 5 nitrogen and oxygen atoms in total. The predicted molar refractivity (Wildman–Crippen MR) is 95.3 cm³/mol. The zero-order valence-corrected chi connectivity index (χ0v) is 14.7. The van der Waals surface area contributed by atoms with Crippen LogP contribution in [0.15, 0.2) is 42.5 Å². The highest BCUT2D eigenvalue weighted by Crippen LogP contribution is 2.32. The first-order valence-corrected chi connectivity index (χ1v) is 8.46. The number of benzene rings is 2. The van der Waals surface area contributed by atoms with Crippen molar-refractivity contribution in [3.05, 3.63) is 53.6 Å². The first-order chi connectivity index (χ1) is 12.0. The quantitative estimate of drug-likeness (QED) is 0.905. The summed E-state index contributed by atoms with van der Waals surface area (Å²) in [6.07, 6.45) is -0.582. The number of hydrogen-bond donors (Lipinski definition) is 1. The summed E-state index contributed by atoms with van der Waals surface area (Å²) in [6.45, 7) is 6.77. The monoisotopic (exact) mass is 341 g/mol. The van der Waals surface area contributed by atoms with E-state index in [9.17, 15) is 4.79 Å². The molecule has 1 amide bonds.